The van der Waals surface area contributed by atoms with E-state index in [0.29, 0.717) is 6.07 Å². The molecule has 27 heavy (non-hydrogen) atoms. The number of nitrogens with zero attached hydrogens (tertiary/aromatic N) is 2. The lowest BCUT2D eigenvalue weighted by Crippen LogP contribution is -2.43. The minimum absolute atomic E-state index is 0.0202. The Morgan fingerprint density at radius 2 is 1.56 bits per heavy atom. The van der Waals surface area contributed by atoms with Crippen LogP contribution in [-0.2, 0) is 11.6 Å². The Labute approximate surface area is 159 Å². The number of benzene rings is 1. The summed E-state index contributed by atoms with van der Waals surface area (Å²) >= 11 is 11.7. The van der Waals surface area contributed by atoms with Crippen LogP contribution >= 0.6 is 23.2 Å². The fourth-order valence-corrected chi connectivity index (χ4v) is 3.47. The first kappa shape index (κ1) is 19.9. The molecule has 0 fully saturated rings. The fourth-order valence-electron chi connectivity index (χ4n) is 2.94. The van der Waals surface area contributed by atoms with Gasteiger partial charge in [-0.2, -0.15) is 26.3 Å². The third-order valence-electron chi connectivity index (χ3n) is 4.35. The number of alkyl halides is 6. The maximum absolute atomic E-state index is 14.0. The van der Waals surface area contributed by atoms with Crippen LogP contribution in [0.25, 0.3) is 0 Å². The second-order valence-corrected chi connectivity index (χ2v) is 6.98. The largest absolute Gasteiger partial charge is 0.416 e. The molecule has 1 aromatic carbocycles. The number of hydrogen-bond donors (Lipinski definition) is 0. The van der Waals surface area contributed by atoms with E-state index in [1.807, 2.05) is 0 Å². The van der Waals surface area contributed by atoms with Crippen molar-refractivity contribution in [1.82, 2.24) is 4.98 Å². The third kappa shape index (κ3) is 3.78. The van der Waals surface area contributed by atoms with Gasteiger partial charge < -0.3 is 0 Å². The molecule has 10 heteroatoms. The van der Waals surface area contributed by atoms with Gasteiger partial charge in [-0.25, -0.2) is 0 Å². The molecule has 1 aromatic heterocycles. The molecule has 144 valence electrons. The normalized spacial score (nSPS) is 20.7. The van der Waals surface area contributed by atoms with E-state index >= 15 is 0 Å². The van der Waals surface area contributed by atoms with Crippen LogP contribution in [0.3, 0.4) is 0 Å². The summed E-state index contributed by atoms with van der Waals surface area (Å²) in [5, 5.41) is 0.0403. The van der Waals surface area contributed by atoms with Gasteiger partial charge in [0.1, 0.15) is 5.41 Å². The predicted molar refractivity (Wildman–Crippen MR) is 89.5 cm³/mol. The Morgan fingerprint density at radius 1 is 0.926 bits per heavy atom. The van der Waals surface area contributed by atoms with E-state index in [2.05, 4.69) is 9.98 Å². The second-order valence-electron chi connectivity index (χ2n) is 6.11. The molecule has 0 N–H and O–H groups in total. The van der Waals surface area contributed by atoms with E-state index in [4.69, 9.17) is 23.2 Å². The van der Waals surface area contributed by atoms with Crippen LogP contribution in [0, 0.1) is 0 Å². The van der Waals surface area contributed by atoms with Crippen LogP contribution in [0.4, 0.5) is 26.3 Å². The van der Waals surface area contributed by atoms with Crippen LogP contribution in [0.5, 0.6) is 0 Å². The first-order chi connectivity index (χ1) is 12.4. The predicted octanol–water partition coefficient (Wildman–Crippen LogP) is 6.10. The molecule has 1 unspecified atom stereocenters. The molecule has 1 aliphatic rings. The maximum atomic E-state index is 14.0. The Bertz CT molecular complexity index is 887. The third-order valence-corrected chi connectivity index (χ3v) is 4.79. The molecule has 0 bridgehead atoms. The van der Waals surface area contributed by atoms with E-state index in [0.717, 1.165) is 24.4 Å². The minimum atomic E-state index is -4.73. The van der Waals surface area contributed by atoms with E-state index in [9.17, 15) is 26.3 Å². The monoisotopic (exact) mass is 426 g/mol. The van der Waals surface area contributed by atoms with E-state index in [1.54, 1.807) is 0 Å². The molecule has 0 saturated heterocycles. The van der Waals surface area contributed by atoms with Crippen molar-refractivity contribution in [3.63, 3.8) is 0 Å². The average molecular weight is 427 g/mol. The SMILES string of the molecule is FC(F)(F)c1ccnc(C2=NCC(c3cc(Cl)cc(Cl)c3)(C(F)(F)F)C2)c1. The molecule has 2 nitrogen and oxygen atoms in total. The highest BCUT2D eigenvalue weighted by Crippen LogP contribution is 2.48. The van der Waals surface area contributed by atoms with Gasteiger partial charge in [-0.15, -0.1) is 0 Å². The van der Waals surface area contributed by atoms with E-state index in [-0.39, 0.29) is 27.0 Å². The van der Waals surface area contributed by atoms with Crippen molar-refractivity contribution >= 4 is 28.9 Å². The quantitative estimate of drug-likeness (QED) is 0.532. The van der Waals surface area contributed by atoms with Gasteiger partial charge in [-0.1, -0.05) is 23.2 Å². The molecule has 0 radical (unpaired) electrons. The first-order valence-electron chi connectivity index (χ1n) is 7.53. The second kappa shape index (κ2) is 6.67. The summed E-state index contributed by atoms with van der Waals surface area (Å²) in [6, 6.07) is 5.00. The van der Waals surface area contributed by atoms with Crippen LogP contribution in [0.1, 0.15) is 23.2 Å². The topological polar surface area (TPSA) is 25.2 Å². The average Bonchev–Trinajstić information content (AvgIpc) is 3.00. The molecular weight excluding hydrogens is 417 g/mol. The summed E-state index contributed by atoms with van der Waals surface area (Å²) in [4.78, 5) is 7.63. The Morgan fingerprint density at radius 3 is 2.11 bits per heavy atom. The van der Waals surface area contributed by atoms with Crippen LogP contribution in [-0.4, -0.2) is 23.4 Å². The number of aromatic nitrogens is 1. The zero-order chi connectivity index (χ0) is 20.0. The Kier molecular flexibility index (Phi) is 4.93. The van der Waals surface area contributed by atoms with Crippen molar-refractivity contribution < 1.29 is 26.3 Å². The van der Waals surface area contributed by atoms with E-state index in [1.165, 1.54) is 6.07 Å². The van der Waals surface area contributed by atoms with Gasteiger partial charge in [0.15, 0.2) is 0 Å². The zero-order valence-electron chi connectivity index (χ0n) is 13.3. The molecule has 0 aliphatic carbocycles. The molecule has 2 heterocycles. The van der Waals surface area contributed by atoms with Crippen molar-refractivity contribution in [3.05, 3.63) is 63.4 Å². The Balaban J connectivity index is 2.03. The number of rotatable bonds is 2. The lowest BCUT2D eigenvalue weighted by atomic mass is 9.77. The van der Waals surface area contributed by atoms with Crippen LogP contribution in [0.15, 0.2) is 41.5 Å². The van der Waals surface area contributed by atoms with Crippen molar-refractivity contribution in [2.24, 2.45) is 4.99 Å². The van der Waals surface area contributed by atoms with Gasteiger partial charge in [0.05, 0.1) is 23.5 Å². The summed E-state index contributed by atoms with van der Waals surface area (Å²) < 4.78 is 80.5. The number of halogens is 8. The van der Waals surface area contributed by atoms with Crippen molar-refractivity contribution in [2.45, 2.75) is 24.2 Å². The van der Waals surface area contributed by atoms with Crippen molar-refractivity contribution in [3.8, 4) is 0 Å². The molecule has 0 saturated carbocycles. The lowest BCUT2D eigenvalue weighted by Gasteiger charge is -2.31. The number of hydrogen-bond acceptors (Lipinski definition) is 2. The molecule has 0 amide bonds. The first-order valence-corrected chi connectivity index (χ1v) is 8.28. The standard InChI is InChI=1S/C17H10Cl2F6N2/c18-11-3-10(4-12(19)6-11)15(17(23,24)25)7-14(27-8-15)13-5-9(1-2-26-13)16(20,21)22/h1-6H,7-8H2. The van der Waals surface area contributed by atoms with E-state index < -0.39 is 36.3 Å². The van der Waals surface area contributed by atoms with Gasteiger partial charge in [0, 0.05) is 22.7 Å². The lowest BCUT2D eigenvalue weighted by molar-refractivity contribution is -0.183. The summed E-state index contributed by atoms with van der Waals surface area (Å²) in [6.07, 6.45) is -9.14. The van der Waals surface area contributed by atoms with Crippen molar-refractivity contribution in [2.75, 3.05) is 6.54 Å². The molecule has 1 aliphatic heterocycles. The molecule has 3 rings (SSSR count). The highest BCUT2D eigenvalue weighted by Gasteiger charge is 2.58. The fraction of sp³-hybridized carbons (Fsp3) is 0.294. The molecule has 0 spiro atoms. The summed E-state index contributed by atoms with van der Waals surface area (Å²) in [5.41, 5.74) is -4.05. The minimum Gasteiger partial charge on any atom is -0.286 e. The van der Waals surface area contributed by atoms with Gasteiger partial charge in [-0.3, -0.25) is 9.98 Å². The zero-order valence-corrected chi connectivity index (χ0v) is 14.8. The van der Waals surface area contributed by atoms with Gasteiger partial charge in [0.25, 0.3) is 0 Å². The molecule has 2 aromatic rings. The number of pyridine rings is 1. The van der Waals surface area contributed by atoms with Crippen LogP contribution < -0.4 is 0 Å². The summed E-state index contributed by atoms with van der Waals surface area (Å²) in [7, 11) is 0. The van der Waals surface area contributed by atoms with Gasteiger partial charge in [-0.05, 0) is 35.9 Å². The maximum Gasteiger partial charge on any atom is 0.416 e. The summed E-state index contributed by atoms with van der Waals surface area (Å²) in [5.74, 6) is 0. The van der Waals surface area contributed by atoms with Gasteiger partial charge in [0.2, 0.25) is 0 Å². The van der Waals surface area contributed by atoms with Crippen molar-refractivity contribution in [1.29, 1.82) is 0 Å². The molecular formula is C17H10Cl2F6N2. The summed E-state index contributed by atoms with van der Waals surface area (Å²) in [6.45, 7) is -0.694. The highest BCUT2D eigenvalue weighted by molar-refractivity contribution is 6.34. The number of aliphatic imine (C=N–C) groups is 1. The van der Waals surface area contributed by atoms with Crippen LogP contribution in [0.2, 0.25) is 10.0 Å². The van der Waals surface area contributed by atoms with Gasteiger partial charge >= 0.3 is 12.4 Å². The highest BCUT2D eigenvalue weighted by atomic mass is 35.5. The smallest absolute Gasteiger partial charge is 0.286 e. The Hall–Kier alpha value is -1.80. The molecule has 1 atom stereocenters.